The van der Waals surface area contributed by atoms with E-state index in [-0.39, 0.29) is 6.10 Å². The third-order valence-corrected chi connectivity index (χ3v) is 8.44. The standard InChI is InChI=1S/C28H39NO2S/c1-21-8-7-10-22(16-21)9-3-4-11-25-26-18-23(17-24(26)19-27(25)30)12-15-32-20-28(31)29-13-5-2-6-14-29/h4,7-8,10-11,16-17,24-27,30H,2-3,5-6,9,12-15,18-20H2,1H3/t24-,25+,26-,27+/m0/s1. The van der Waals surface area contributed by atoms with Gasteiger partial charge < -0.3 is 10.0 Å². The average Bonchev–Trinajstić information content (AvgIpc) is 3.31. The maximum Gasteiger partial charge on any atom is 0.232 e. The summed E-state index contributed by atoms with van der Waals surface area (Å²) in [7, 11) is 0. The first kappa shape index (κ1) is 23.6. The zero-order chi connectivity index (χ0) is 22.3. The highest BCUT2D eigenvalue weighted by Crippen LogP contribution is 2.48. The summed E-state index contributed by atoms with van der Waals surface area (Å²) in [6.07, 6.45) is 15.6. The van der Waals surface area contributed by atoms with Gasteiger partial charge in [0.05, 0.1) is 11.9 Å². The van der Waals surface area contributed by atoms with E-state index in [4.69, 9.17) is 0 Å². The summed E-state index contributed by atoms with van der Waals surface area (Å²) in [5.41, 5.74) is 4.25. The van der Waals surface area contributed by atoms with Crippen molar-refractivity contribution in [3.8, 4) is 0 Å². The van der Waals surface area contributed by atoms with Gasteiger partial charge >= 0.3 is 0 Å². The van der Waals surface area contributed by atoms with Gasteiger partial charge in [0.1, 0.15) is 0 Å². The van der Waals surface area contributed by atoms with Crippen LogP contribution in [0.4, 0.5) is 0 Å². The van der Waals surface area contributed by atoms with E-state index in [9.17, 15) is 9.90 Å². The van der Waals surface area contributed by atoms with Gasteiger partial charge in [0.25, 0.3) is 0 Å². The second kappa shape index (κ2) is 11.6. The van der Waals surface area contributed by atoms with Crippen molar-refractivity contribution in [2.24, 2.45) is 17.8 Å². The molecular weight excluding hydrogens is 414 g/mol. The first-order chi connectivity index (χ1) is 15.6. The zero-order valence-electron chi connectivity index (χ0n) is 19.5. The molecule has 0 spiro atoms. The van der Waals surface area contributed by atoms with E-state index >= 15 is 0 Å². The Bertz CT molecular complexity index is 826. The molecular formula is C28H39NO2S. The molecule has 1 heterocycles. The van der Waals surface area contributed by atoms with Gasteiger partial charge in [-0.15, -0.1) is 0 Å². The second-order valence-electron chi connectivity index (χ2n) is 9.94. The number of likely N-dealkylation sites (tertiary alicyclic amines) is 1. The SMILES string of the molecule is Cc1cccc(CCC=C[C@@H]2[C@H]3CC(CCSCC(=O)N4CCCCC4)=C[C@H]3C[C@H]2O)c1. The van der Waals surface area contributed by atoms with Gasteiger partial charge in [-0.3, -0.25) is 4.79 Å². The lowest BCUT2D eigenvalue weighted by molar-refractivity contribution is -0.129. The summed E-state index contributed by atoms with van der Waals surface area (Å²) >= 11 is 1.79. The van der Waals surface area contributed by atoms with Gasteiger partial charge in [-0.05, 0) is 81.4 Å². The van der Waals surface area contributed by atoms with Crippen molar-refractivity contribution in [2.45, 2.75) is 64.4 Å². The van der Waals surface area contributed by atoms with Crippen molar-refractivity contribution in [2.75, 3.05) is 24.6 Å². The van der Waals surface area contributed by atoms with E-state index in [1.54, 1.807) is 17.3 Å². The van der Waals surface area contributed by atoms with Crippen molar-refractivity contribution in [3.05, 3.63) is 59.2 Å². The number of hydrogen-bond donors (Lipinski definition) is 1. The Kier molecular flexibility index (Phi) is 8.54. The highest BCUT2D eigenvalue weighted by atomic mass is 32.2. The molecule has 32 heavy (non-hydrogen) atoms. The number of carbonyl (C=O) groups excluding carboxylic acids is 1. The lowest BCUT2D eigenvalue weighted by Gasteiger charge is -2.26. The molecule has 0 radical (unpaired) electrons. The fourth-order valence-electron chi connectivity index (χ4n) is 5.76. The second-order valence-corrected chi connectivity index (χ2v) is 11.0. The van der Waals surface area contributed by atoms with Crippen LogP contribution >= 0.6 is 11.8 Å². The number of nitrogens with zero attached hydrogens (tertiary/aromatic N) is 1. The van der Waals surface area contributed by atoms with Crippen molar-refractivity contribution < 1.29 is 9.90 Å². The maximum atomic E-state index is 12.3. The Morgan fingerprint density at radius 3 is 2.88 bits per heavy atom. The van der Waals surface area contributed by atoms with Crippen molar-refractivity contribution in [3.63, 3.8) is 0 Å². The number of aliphatic hydroxyl groups is 1. The average molecular weight is 454 g/mol. The molecule has 0 aromatic heterocycles. The summed E-state index contributed by atoms with van der Waals surface area (Å²) in [4.78, 5) is 14.4. The number of piperidine rings is 1. The number of hydrogen-bond acceptors (Lipinski definition) is 3. The van der Waals surface area contributed by atoms with E-state index < -0.39 is 0 Å². The Balaban J connectivity index is 1.17. The van der Waals surface area contributed by atoms with Gasteiger partial charge in [-0.25, -0.2) is 0 Å². The third kappa shape index (κ3) is 6.29. The summed E-state index contributed by atoms with van der Waals surface area (Å²) in [6, 6.07) is 8.74. The number of aryl methyl sites for hydroxylation is 2. The van der Waals surface area contributed by atoms with Gasteiger partial charge in [0.2, 0.25) is 5.91 Å². The molecule has 174 valence electrons. The Morgan fingerprint density at radius 1 is 1.22 bits per heavy atom. The minimum atomic E-state index is -0.199. The number of benzene rings is 1. The monoisotopic (exact) mass is 453 g/mol. The number of rotatable bonds is 9. The Morgan fingerprint density at radius 2 is 2.06 bits per heavy atom. The molecule has 0 unspecified atom stereocenters. The van der Waals surface area contributed by atoms with Crippen molar-refractivity contribution in [1.29, 1.82) is 0 Å². The van der Waals surface area contributed by atoms with Crippen LogP contribution in [0.2, 0.25) is 0 Å². The van der Waals surface area contributed by atoms with Gasteiger partial charge in [-0.1, -0.05) is 53.6 Å². The molecule has 4 atom stereocenters. The molecule has 1 amide bonds. The molecule has 3 nitrogen and oxygen atoms in total. The minimum Gasteiger partial charge on any atom is -0.392 e. The topological polar surface area (TPSA) is 40.5 Å². The molecule has 2 fully saturated rings. The number of carbonyl (C=O) groups is 1. The molecule has 1 saturated heterocycles. The first-order valence-electron chi connectivity index (χ1n) is 12.6. The van der Waals surface area contributed by atoms with Crippen LogP contribution in [0, 0.1) is 24.7 Å². The highest BCUT2D eigenvalue weighted by Gasteiger charge is 2.43. The quantitative estimate of drug-likeness (QED) is 0.393. The van der Waals surface area contributed by atoms with E-state index in [0.717, 1.165) is 50.9 Å². The lowest BCUT2D eigenvalue weighted by atomic mass is 9.89. The molecule has 4 rings (SSSR count). The fourth-order valence-corrected chi connectivity index (χ4v) is 6.67. The lowest BCUT2D eigenvalue weighted by Crippen LogP contribution is -2.36. The van der Waals surface area contributed by atoms with Gasteiger partial charge in [0, 0.05) is 19.0 Å². The summed E-state index contributed by atoms with van der Waals surface area (Å²) in [6.45, 7) is 4.05. The van der Waals surface area contributed by atoms with Gasteiger partial charge in [0.15, 0.2) is 0 Å². The van der Waals surface area contributed by atoms with Crippen LogP contribution in [0.25, 0.3) is 0 Å². The molecule has 4 heteroatoms. The number of allylic oxidation sites excluding steroid dienone is 3. The molecule has 1 saturated carbocycles. The van der Waals surface area contributed by atoms with Crippen LogP contribution in [0.1, 0.15) is 56.1 Å². The molecule has 2 aliphatic carbocycles. The molecule has 1 N–H and O–H groups in total. The summed E-state index contributed by atoms with van der Waals surface area (Å²) in [5, 5.41) is 10.6. The zero-order valence-corrected chi connectivity index (χ0v) is 20.4. The van der Waals surface area contributed by atoms with Crippen molar-refractivity contribution >= 4 is 17.7 Å². The molecule has 1 aliphatic heterocycles. The summed E-state index contributed by atoms with van der Waals surface area (Å²) in [5.74, 6) is 3.38. The van der Waals surface area contributed by atoms with E-state index in [0.29, 0.717) is 29.4 Å². The molecule has 0 bridgehead atoms. The number of aliphatic hydroxyl groups excluding tert-OH is 1. The predicted molar refractivity (Wildman–Crippen MR) is 135 cm³/mol. The van der Waals surface area contributed by atoms with E-state index in [2.05, 4.69) is 49.4 Å². The molecule has 3 aliphatic rings. The van der Waals surface area contributed by atoms with Crippen LogP contribution in [0.15, 0.2) is 48.1 Å². The van der Waals surface area contributed by atoms with Crippen LogP contribution in [-0.2, 0) is 11.2 Å². The normalized spacial score (nSPS) is 27.7. The predicted octanol–water partition coefficient (Wildman–Crippen LogP) is 5.56. The largest absolute Gasteiger partial charge is 0.392 e. The number of amides is 1. The van der Waals surface area contributed by atoms with E-state index in [1.807, 2.05) is 4.90 Å². The van der Waals surface area contributed by atoms with Crippen LogP contribution < -0.4 is 0 Å². The number of fused-ring (bicyclic) bond motifs is 1. The highest BCUT2D eigenvalue weighted by molar-refractivity contribution is 7.99. The Hall–Kier alpha value is -1.52. The van der Waals surface area contributed by atoms with Crippen LogP contribution in [-0.4, -0.2) is 46.6 Å². The van der Waals surface area contributed by atoms with Crippen molar-refractivity contribution in [1.82, 2.24) is 4.90 Å². The minimum absolute atomic E-state index is 0.199. The third-order valence-electron chi connectivity index (χ3n) is 7.49. The maximum absolute atomic E-state index is 12.3. The number of thioether (sulfide) groups is 1. The Labute approximate surface area is 198 Å². The first-order valence-corrected chi connectivity index (χ1v) is 13.7. The molecule has 1 aromatic rings. The van der Waals surface area contributed by atoms with Crippen LogP contribution in [0.5, 0.6) is 0 Å². The summed E-state index contributed by atoms with van der Waals surface area (Å²) < 4.78 is 0. The molecule has 1 aromatic carbocycles. The van der Waals surface area contributed by atoms with Crippen LogP contribution in [0.3, 0.4) is 0 Å². The fraction of sp³-hybridized carbons (Fsp3) is 0.607. The van der Waals surface area contributed by atoms with Gasteiger partial charge in [-0.2, -0.15) is 11.8 Å². The van der Waals surface area contributed by atoms with E-state index in [1.165, 1.54) is 30.4 Å². The smallest absolute Gasteiger partial charge is 0.232 e.